The number of carbonyl (C=O) groups is 1. The predicted octanol–water partition coefficient (Wildman–Crippen LogP) is 1.74. The third-order valence-corrected chi connectivity index (χ3v) is 4.90. The van der Waals surface area contributed by atoms with Gasteiger partial charge in [0.2, 0.25) is 0 Å². The number of likely N-dealkylation sites (tertiary alicyclic amines) is 1. The van der Waals surface area contributed by atoms with Crippen molar-refractivity contribution in [2.24, 2.45) is 11.8 Å². The van der Waals surface area contributed by atoms with Gasteiger partial charge in [-0.25, -0.2) is 0 Å². The van der Waals surface area contributed by atoms with Crippen LogP contribution in [0.25, 0.3) is 0 Å². The van der Waals surface area contributed by atoms with Gasteiger partial charge in [-0.05, 0) is 37.8 Å². The van der Waals surface area contributed by atoms with E-state index in [0.29, 0.717) is 29.3 Å². The van der Waals surface area contributed by atoms with Crippen LogP contribution in [0.2, 0.25) is 0 Å². The van der Waals surface area contributed by atoms with E-state index >= 15 is 0 Å². The molecule has 0 unspecified atom stereocenters. The minimum Gasteiger partial charge on any atom is -0.365 e. The highest BCUT2D eigenvalue weighted by atomic mass is 16.5. The molecular weight excluding hydrogens is 294 g/mol. The molecule has 2 aromatic heterocycles. The molecule has 3 heterocycles. The van der Waals surface area contributed by atoms with Crippen molar-refractivity contribution in [2.75, 3.05) is 18.4 Å². The Morgan fingerprint density at radius 3 is 3.04 bits per heavy atom. The van der Waals surface area contributed by atoms with E-state index < -0.39 is 0 Å². The van der Waals surface area contributed by atoms with E-state index in [-0.39, 0.29) is 5.91 Å². The molecule has 0 aromatic carbocycles. The number of nitrogens with zero attached hydrogens (tertiary/aromatic N) is 4. The van der Waals surface area contributed by atoms with Crippen molar-refractivity contribution in [1.82, 2.24) is 20.3 Å². The van der Waals surface area contributed by atoms with E-state index in [2.05, 4.69) is 20.7 Å². The topological polar surface area (TPSA) is 84.2 Å². The van der Waals surface area contributed by atoms with Crippen LogP contribution in [0.1, 0.15) is 29.1 Å². The van der Waals surface area contributed by atoms with Crippen LogP contribution in [-0.2, 0) is 0 Å². The standard InChI is InChI=1S/C16H19N5O2/c1-10-7-14(20-23-10)16(22)21-8-11-4-5-13(12(11)9-21)18-15-3-2-6-17-19-15/h2-3,6-7,11-13H,4-5,8-9H2,1H3,(H,18,19)/t11-,12+,13-/m1/s1. The van der Waals surface area contributed by atoms with Gasteiger partial charge in [-0.2, -0.15) is 5.10 Å². The summed E-state index contributed by atoms with van der Waals surface area (Å²) in [6, 6.07) is 5.84. The smallest absolute Gasteiger partial charge is 0.276 e. The highest BCUT2D eigenvalue weighted by molar-refractivity contribution is 5.92. The molecular formula is C16H19N5O2. The molecule has 1 aliphatic carbocycles. The lowest BCUT2D eigenvalue weighted by Crippen LogP contribution is -2.33. The summed E-state index contributed by atoms with van der Waals surface area (Å²) in [5, 5.41) is 15.3. The third kappa shape index (κ3) is 2.67. The van der Waals surface area contributed by atoms with Gasteiger partial charge >= 0.3 is 0 Å². The summed E-state index contributed by atoms with van der Waals surface area (Å²) in [4.78, 5) is 14.4. The minimum absolute atomic E-state index is 0.0329. The van der Waals surface area contributed by atoms with Crippen LogP contribution in [-0.4, -0.2) is 45.3 Å². The highest BCUT2D eigenvalue weighted by Gasteiger charge is 2.44. The van der Waals surface area contributed by atoms with Gasteiger partial charge in [0.1, 0.15) is 11.6 Å². The Balaban J connectivity index is 1.44. The molecule has 1 saturated heterocycles. The first-order chi connectivity index (χ1) is 11.2. The molecule has 23 heavy (non-hydrogen) atoms. The fraction of sp³-hybridized carbons (Fsp3) is 0.500. The van der Waals surface area contributed by atoms with Crippen LogP contribution in [0.15, 0.2) is 28.9 Å². The quantitative estimate of drug-likeness (QED) is 0.929. The molecule has 1 amide bonds. The third-order valence-electron chi connectivity index (χ3n) is 4.90. The number of rotatable bonds is 3. The first kappa shape index (κ1) is 14.2. The fourth-order valence-electron chi connectivity index (χ4n) is 3.81. The van der Waals surface area contributed by atoms with Crippen molar-refractivity contribution >= 4 is 11.7 Å². The Bertz CT molecular complexity index is 702. The van der Waals surface area contributed by atoms with Gasteiger partial charge in [-0.1, -0.05) is 5.16 Å². The lowest BCUT2D eigenvalue weighted by Gasteiger charge is -2.21. The molecule has 2 aliphatic rings. The number of aromatic nitrogens is 3. The summed E-state index contributed by atoms with van der Waals surface area (Å²) in [7, 11) is 0. The summed E-state index contributed by atoms with van der Waals surface area (Å²) < 4.78 is 5.01. The number of anilines is 1. The molecule has 1 aliphatic heterocycles. The van der Waals surface area contributed by atoms with E-state index in [0.717, 1.165) is 31.7 Å². The van der Waals surface area contributed by atoms with Crippen molar-refractivity contribution in [3.8, 4) is 0 Å². The molecule has 0 radical (unpaired) electrons. The molecule has 2 aromatic rings. The molecule has 1 saturated carbocycles. The van der Waals surface area contributed by atoms with Gasteiger partial charge in [-0.15, -0.1) is 5.10 Å². The number of hydrogen-bond acceptors (Lipinski definition) is 6. The van der Waals surface area contributed by atoms with Gasteiger partial charge in [0.25, 0.3) is 5.91 Å². The van der Waals surface area contributed by atoms with Crippen LogP contribution >= 0.6 is 0 Å². The molecule has 7 nitrogen and oxygen atoms in total. The van der Waals surface area contributed by atoms with Crippen LogP contribution in [0, 0.1) is 18.8 Å². The maximum atomic E-state index is 12.5. The van der Waals surface area contributed by atoms with Crippen LogP contribution < -0.4 is 5.32 Å². The number of carbonyl (C=O) groups excluding carboxylic acids is 1. The van der Waals surface area contributed by atoms with Gasteiger partial charge in [0.15, 0.2) is 5.69 Å². The predicted molar refractivity (Wildman–Crippen MR) is 82.8 cm³/mol. The number of nitrogens with one attached hydrogen (secondary N) is 1. The fourth-order valence-corrected chi connectivity index (χ4v) is 3.81. The Hall–Kier alpha value is -2.44. The van der Waals surface area contributed by atoms with Gasteiger partial charge in [0, 0.05) is 37.3 Å². The first-order valence-corrected chi connectivity index (χ1v) is 7.97. The maximum absolute atomic E-state index is 12.5. The second-order valence-corrected chi connectivity index (χ2v) is 6.39. The zero-order valence-electron chi connectivity index (χ0n) is 13.0. The van der Waals surface area contributed by atoms with Crippen LogP contribution in [0.5, 0.6) is 0 Å². The summed E-state index contributed by atoms with van der Waals surface area (Å²) in [6.07, 6.45) is 3.90. The van der Waals surface area contributed by atoms with Crippen LogP contribution in [0.4, 0.5) is 5.82 Å². The highest BCUT2D eigenvalue weighted by Crippen LogP contribution is 2.39. The zero-order chi connectivity index (χ0) is 15.8. The lowest BCUT2D eigenvalue weighted by atomic mass is 9.98. The molecule has 120 valence electrons. The van der Waals surface area contributed by atoms with Crippen molar-refractivity contribution in [3.05, 3.63) is 35.9 Å². The zero-order valence-corrected chi connectivity index (χ0v) is 13.0. The Kier molecular flexibility index (Phi) is 3.48. The first-order valence-electron chi connectivity index (χ1n) is 7.97. The Labute approximate surface area is 134 Å². The molecule has 1 N–H and O–H groups in total. The summed E-state index contributed by atoms with van der Waals surface area (Å²) >= 11 is 0. The summed E-state index contributed by atoms with van der Waals surface area (Å²) in [6.45, 7) is 3.35. The number of amides is 1. The maximum Gasteiger partial charge on any atom is 0.276 e. The average Bonchev–Trinajstić information content (AvgIpc) is 3.25. The number of hydrogen-bond donors (Lipinski definition) is 1. The average molecular weight is 313 g/mol. The second-order valence-electron chi connectivity index (χ2n) is 6.39. The molecule has 0 spiro atoms. The van der Waals surface area contributed by atoms with Crippen molar-refractivity contribution in [1.29, 1.82) is 0 Å². The van der Waals surface area contributed by atoms with Crippen molar-refractivity contribution in [3.63, 3.8) is 0 Å². The SMILES string of the molecule is Cc1cc(C(=O)N2C[C@H]3CC[C@@H](Nc4cccnn4)[C@H]3C2)no1. The van der Waals surface area contributed by atoms with Crippen LogP contribution in [0.3, 0.4) is 0 Å². The minimum atomic E-state index is -0.0329. The largest absolute Gasteiger partial charge is 0.365 e. The normalized spacial score (nSPS) is 26.3. The van der Waals surface area contributed by atoms with E-state index in [1.807, 2.05) is 17.0 Å². The van der Waals surface area contributed by atoms with Crippen molar-refractivity contribution in [2.45, 2.75) is 25.8 Å². The summed E-state index contributed by atoms with van der Waals surface area (Å²) in [5.41, 5.74) is 0.404. The van der Waals surface area contributed by atoms with E-state index in [4.69, 9.17) is 4.52 Å². The Morgan fingerprint density at radius 1 is 1.39 bits per heavy atom. The number of aryl methyl sites for hydroxylation is 1. The van der Waals surface area contributed by atoms with E-state index in [9.17, 15) is 4.79 Å². The molecule has 7 heteroatoms. The van der Waals surface area contributed by atoms with Crippen molar-refractivity contribution < 1.29 is 9.32 Å². The number of fused-ring (bicyclic) bond motifs is 1. The lowest BCUT2D eigenvalue weighted by molar-refractivity contribution is 0.0769. The van der Waals surface area contributed by atoms with Gasteiger partial charge in [0.05, 0.1) is 0 Å². The molecule has 2 fully saturated rings. The van der Waals surface area contributed by atoms with Gasteiger partial charge < -0.3 is 14.7 Å². The van der Waals surface area contributed by atoms with Gasteiger partial charge in [-0.3, -0.25) is 4.79 Å². The molecule has 4 rings (SSSR count). The Morgan fingerprint density at radius 2 is 2.30 bits per heavy atom. The van der Waals surface area contributed by atoms with E-state index in [1.54, 1.807) is 19.2 Å². The van der Waals surface area contributed by atoms with E-state index in [1.165, 1.54) is 0 Å². The second kappa shape index (κ2) is 5.64. The molecule has 3 atom stereocenters. The molecule has 0 bridgehead atoms. The summed E-state index contributed by atoms with van der Waals surface area (Å²) in [5.74, 6) is 2.43. The monoisotopic (exact) mass is 313 g/mol.